The molecule has 0 amide bonds. The van der Waals surface area contributed by atoms with Gasteiger partial charge < -0.3 is 5.32 Å². The van der Waals surface area contributed by atoms with Gasteiger partial charge in [0.25, 0.3) is 0 Å². The number of thiazole rings is 1. The molecule has 0 saturated heterocycles. The maximum absolute atomic E-state index is 5.84. The topological polar surface area (TPSA) is 24.9 Å². The molecule has 1 saturated carbocycles. The third-order valence-corrected chi connectivity index (χ3v) is 4.85. The average molecular weight is 273 g/mol. The molecule has 0 aromatic carbocycles. The molecule has 0 aliphatic heterocycles. The fourth-order valence-corrected chi connectivity index (χ4v) is 3.74. The molecule has 1 fully saturated rings. The van der Waals surface area contributed by atoms with Gasteiger partial charge in [-0.25, -0.2) is 4.98 Å². The lowest BCUT2D eigenvalue weighted by atomic mass is 9.78. The zero-order chi connectivity index (χ0) is 12.3. The van der Waals surface area contributed by atoms with Gasteiger partial charge in [0, 0.05) is 23.7 Å². The monoisotopic (exact) mass is 272 g/mol. The largest absolute Gasteiger partial charge is 0.309 e. The van der Waals surface area contributed by atoms with Crippen LogP contribution in [-0.2, 0) is 6.54 Å². The zero-order valence-corrected chi connectivity index (χ0v) is 12.2. The van der Waals surface area contributed by atoms with Gasteiger partial charge in [-0.1, -0.05) is 38.3 Å². The third kappa shape index (κ3) is 3.67. The van der Waals surface area contributed by atoms with Crippen molar-refractivity contribution in [3.63, 3.8) is 0 Å². The van der Waals surface area contributed by atoms with Crippen molar-refractivity contribution < 1.29 is 0 Å². The van der Waals surface area contributed by atoms with Crippen LogP contribution in [0.4, 0.5) is 0 Å². The van der Waals surface area contributed by atoms with E-state index in [1.54, 1.807) is 11.3 Å². The molecular formula is C13H21ClN2S. The summed E-state index contributed by atoms with van der Waals surface area (Å²) >= 11 is 7.42. The Kier molecular flexibility index (Phi) is 4.83. The second-order valence-electron chi connectivity index (χ2n) is 5.26. The summed E-state index contributed by atoms with van der Waals surface area (Å²) < 4.78 is 0.644. The molecule has 2 atom stereocenters. The lowest BCUT2D eigenvalue weighted by molar-refractivity contribution is 0.205. The van der Waals surface area contributed by atoms with Crippen LogP contribution in [-0.4, -0.2) is 11.0 Å². The summed E-state index contributed by atoms with van der Waals surface area (Å²) in [5.41, 5.74) is 0. The fraction of sp³-hybridized carbons (Fsp3) is 0.769. The van der Waals surface area contributed by atoms with Crippen LogP contribution >= 0.6 is 22.9 Å². The molecule has 2 nitrogen and oxygen atoms in total. The highest BCUT2D eigenvalue weighted by Gasteiger charge is 2.26. The summed E-state index contributed by atoms with van der Waals surface area (Å²) in [6, 6.07) is 0.671. The maximum Gasteiger partial charge on any atom is 0.183 e. The van der Waals surface area contributed by atoms with Crippen LogP contribution in [0.5, 0.6) is 0 Å². The molecule has 2 rings (SSSR count). The Labute approximate surface area is 113 Å². The van der Waals surface area contributed by atoms with Gasteiger partial charge in [-0.2, -0.15) is 0 Å². The summed E-state index contributed by atoms with van der Waals surface area (Å²) in [7, 11) is 0. The first-order valence-corrected chi connectivity index (χ1v) is 7.70. The molecule has 96 valence electrons. The van der Waals surface area contributed by atoms with Crippen LogP contribution < -0.4 is 5.32 Å². The lowest BCUT2D eigenvalue weighted by Gasteiger charge is -2.35. The smallest absolute Gasteiger partial charge is 0.183 e. The summed E-state index contributed by atoms with van der Waals surface area (Å²) in [6.45, 7) is 5.60. The highest BCUT2D eigenvalue weighted by molar-refractivity contribution is 7.15. The number of hydrogen-bond donors (Lipinski definition) is 1. The second kappa shape index (κ2) is 6.17. The van der Waals surface area contributed by atoms with Crippen molar-refractivity contribution in [2.75, 3.05) is 0 Å². The SMILES string of the molecule is CC(C)[C@H]1CCCC[C@@H]1NCc1cnc(Cl)s1. The van der Waals surface area contributed by atoms with Crippen LogP contribution in [0.1, 0.15) is 44.4 Å². The van der Waals surface area contributed by atoms with E-state index in [9.17, 15) is 0 Å². The molecule has 1 aromatic rings. The summed E-state index contributed by atoms with van der Waals surface area (Å²) in [5.74, 6) is 1.60. The fourth-order valence-electron chi connectivity index (χ4n) is 2.81. The van der Waals surface area contributed by atoms with E-state index >= 15 is 0 Å². The van der Waals surface area contributed by atoms with E-state index < -0.39 is 0 Å². The number of nitrogens with one attached hydrogen (secondary N) is 1. The molecule has 1 heterocycles. The number of halogens is 1. The van der Waals surface area contributed by atoms with Crippen LogP contribution in [0.25, 0.3) is 0 Å². The Morgan fingerprint density at radius 2 is 2.24 bits per heavy atom. The predicted octanol–water partition coefficient (Wildman–Crippen LogP) is 4.10. The minimum Gasteiger partial charge on any atom is -0.309 e. The van der Waals surface area contributed by atoms with Crippen molar-refractivity contribution >= 4 is 22.9 Å². The van der Waals surface area contributed by atoms with Crippen molar-refractivity contribution in [3.8, 4) is 0 Å². The number of hydrogen-bond acceptors (Lipinski definition) is 3. The lowest BCUT2D eigenvalue weighted by Crippen LogP contribution is -2.40. The minimum atomic E-state index is 0.644. The van der Waals surface area contributed by atoms with Gasteiger partial charge in [0.2, 0.25) is 0 Å². The Morgan fingerprint density at radius 1 is 1.47 bits per heavy atom. The first-order valence-electron chi connectivity index (χ1n) is 6.50. The van der Waals surface area contributed by atoms with Gasteiger partial charge in [0.05, 0.1) is 0 Å². The molecule has 1 aromatic heterocycles. The number of rotatable bonds is 4. The van der Waals surface area contributed by atoms with E-state index in [-0.39, 0.29) is 0 Å². The van der Waals surface area contributed by atoms with Crippen LogP contribution in [0.15, 0.2) is 6.20 Å². The molecule has 1 N–H and O–H groups in total. The van der Waals surface area contributed by atoms with Crippen molar-refractivity contribution in [2.24, 2.45) is 11.8 Å². The minimum absolute atomic E-state index is 0.644. The highest BCUT2D eigenvalue weighted by Crippen LogP contribution is 2.30. The van der Waals surface area contributed by atoms with E-state index in [0.717, 1.165) is 18.4 Å². The highest BCUT2D eigenvalue weighted by atomic mass is 35.5. The standard InChI is InChI=1S/C13H21ClN2S/c1-9(2)11-5-3-4-6-12(11)15-7-10-8-16-13(14)17-10/h8-9,11-12,15H,3-7H2,1-2H3/t11-,12+/m1/s1. The van der Waals surface area contributed by atoms with Gasteiger partial charge in [-0.3, -0.25) is 0 Å². The molecule has 0 bridgehead atoms. The molecule has 0 radical (unpaired) electrons. The van der Waals surface area contributed by atoms with Gasteiger partial charge in [0.1, 0.15) is 0 Å². The van der Waals surface area contributed by atoms with Gasteiger partial charge >= 0.3 is 0 Å². The van der Waals surface area contributed by atoms with Crippen molar-refractivity contribution in [1.29, 1.82) is 0 Å². The van der Waals surface area contributed by atoms with Gasteiger partial charge in [0.15, 0.2) is 4.47 Å². The van der Waals surface area contributed by atoms with Crippen LogP contribution in [0.3, 0.4) is 0 Å². The van der Waals surface area contributed by atoms with E-state index in [4.69, 9.17) is 11.6 Å². The molecule has 4 heteroatoms. The Hall–Kier alpha value is -0.120. The third-order valence-electron chi connectivity index (χ3n) is 3.74. The van der Waals surface area contributed by atoms with Crippen LogP contribution in [0, 0.1) is 11.8 Å². The van der Waals surface area contributed by atoms with E-state index in [2.05, 4.69) is 24.1 Å². The van der Waals surface area contributed by atoms with E-state index in [0.29, 0.717) is 10.5 Å². The molecule has 1 aliphatic rings. The average Bonchev–Trinajstić information content (AvgIpc) is 2.73. The maximum atomic E-state index is 5.84. The number of nitrogens with zero attached hydrogens (tertiary/aromatic N) is 1. The van der Waals surface area contributed by atoms with Gasteiger partial charge in [-0.15, -0.1) is 11.3 Å². The molecular weight excluding hydrogens is 252 g/mol. The predicted molar refractivity (Wildman–Crippen MR) is 74.5 cm³/mol. The second-order valence-corrected chi connectivity index (χ2v) is 6.96. The van der Waals surface area contributed by atoms with Crippen LogP contribution in [0.2, 0.25) is 4.47 Å². The van der Waals surface area contributed by atoms with E-state index in [1.807, 2.05) is 6.20 Å². The normalized spacial score (nSPS) is 25.4. The van der Waals surface area contributed by atoms with Crippen molar-refractivity contribution in [3.05, 3.63) is 15.5 Å². The Morgan fingerprint density at radius 3 is 2.88 bits per heavy atom. The summed E-state index contributed by atoms with van der Waals surface area (Å²) in [6.07, 6.45) is 7.33. The first kappa shape index (κ1) is 13.3. The molecule has 17 heavy (non-hydrogen) atoms. The Balaban J connectivity index is 1.88. The molecule has 0 unspecified atom stereocenters. The first-order chi connectivity index (χ1) is 8.16. The quantitative estimate of drug-likeness (QED) is 0.893. The van der Waals surface area contributed by atoms with E-state index in [1.165, 1.54) is 30.6 Å². The van der Waals surface area contributed by atoms with Crippen molar-refractivity contribution in [2.45, 2.75) is 52.1 Å². The zero-order valence-electron chi connectivity index (χ0n) is 10.6. The Bertz CT molecular complexity index is 351. The molecule has 1 aliphatic carbocycles. The summed E-state index contributed by atoms with van der Waals surface area (Å²) in [4.78, 5) is 5.32. The number of aromatic nitrogens is 1. The summed E-state index contributed by atoms with van der Waals surface area (Å²) in [5, 5.41) is 3.69. The molecule has 0 spiro atoms. The van der Waals surface area contributed by atoms with Gasteiger partial charge in [-0.05, 0) is 24.7 Å². The van der Waals surface area contributed by atoms with Crippen molar-refractivity contribution in [1.82, 2.24) is 10.3 Å².